The highest BCUT2D eigenvalue weighted by molar-refractivity contribution is 5.73. The number of phenolic OH excluding ortho intramolecular Hbond substituents is 1. The summed E-state index contributed by atoms with van der Waals surface area (Å²) >= 11 is 0. The maximum absolute atomic E-state index is 12.4. The van der Waals surface area contributed by atoms with E-state index >= 15 is 0 Å². The van der Waals surface area contributed by atoms with Gasteiger partial charge < -0.3 is 30.5 Å². The van der Waals surface area contributed by atoms with Crippen LogP contribution in [0.25, 0.3) is 11.3 Å². The third kappa shape index (κ3) is 6.51. The van der Waals surface area contributed by atoms with Crippen LogP contribution < -0.4 is 15.8 Å². The second-order valence-electron chi connectivity index (χ2n) is 8.10. The molecule has 2 heterocycles. The summed E-state index contributed by atoms with van der Waals surface area (Å²) in [6, 6.07) is 4.02. The first-order valence-corrected chi connectivity index (χ1v) is 11.3. The lowest BCUT2D eigenvalue weighted by atomic mass is 10.0. The number of aromatic nitrogens is 2. The normalized spacial score (nSPS) is 16.5. The Morgan fingerprint density at radius 2 is 2.18 bits per heavy atom. The van der Waals surface area contributed by atoms with Crippen LogP contribution in [0.15, 0.2) is 18.2 Å². The number of nitrogens with one attached hydrogen (secondary N) is 1. The summed E-state index contributed by atoms with van der Waals surface area (Å²) in [6.45, 7) is 3.51. The monoisotopic (exact) mass is 479 g/mol. The summed E-state index contributed by atoms with van der Waals surface area (Å²) < 4.78 is 34.2. The number of hydrogen-bond donors (Lipinski definition) is 3. The van der Waals surface area contributed by atoms with Gasteiger partial charge in [0.05, 0.1) is 13.0 Å². The van der Waals surface area contributed by atoms with Crippen LogP contribution in [0, 0.1) is 6.92 Å². The Labute approximate surface area is 197 Å². The van der Waals surface area contributed by atoms with Crippen LogP contribution in [0.2, 0.25) is 0 Å². The van der Waals surface area contributed by atoms with Gasteiger partial charge in [-0.2, -0.15) is 8.78 Å². The number of anilines is 1. The zero-order valence-electron chi connectivity index (χ0n) is 19.4. The van der Waals surface area contributed by atoms with Crippen LogP contribution in [0.4, 0.5) is 14.6 Å². The van der Waals surface area contributed by atoms with Gasteiger partial charge in [0.25, 0.3) is 0 Å². The Morgan fingerprint density at radius 1 is 1.38 bits per heavy atom. The van der Waals surface area contributed by atoms with Gasteiger partial charge in [0.2, 0.25) is 0 Å². The fourth-order valence-corrected chi connectivity index (χ4v) is 4.12. The predicted octanol–water partition coefficient (Wildman–Crippen LogP) is 3.05. The van der Waals surface area contributed by atoms with Gasteiger partial charge in [0, 0.05) is 42.9 Å². The zero-order chi connectivity index (χ0) is 24.7. The van der Waals surface area contributed by atoms with Crippen LogP contribution in [-0.2, 0) is 16.1 Å². The molecule has 1 unspecified atom stereocenters. The average molecular weight is 480 g/mol. The molecule has 1 fully saturated rings. The number of hydrogen-bond acceptors (Lipinski definition) is 9. The number of carbonyl (C=O) groups is 1. The fraction of sp³-hybridized carbons (Fsp3) is 0.522. The lowest BCUT2D eigenvalue weighted by Crippen LogP contribution is -2.43. The topological polar surface area (TPSA) is 123 Å². The molecule has 1 aromatic heterocycles. The van der Waals surface area contributed by atoms with E-state index in [-0.39, 0.29) is 30.1 Å². The summed E-state index contributed by atoms with van der Waals surface area (Å²) in [4.78, 5) is 13.9. The van der Waals surface area contributed by atoms with Gasteiger partial charge in [-0.3, -0.25) is 4.79 Å². The van der Waals surface area contributed by atoms with Gasteiger partial charge in [-0.1, -0.05) is 0 Å². The zero-order valence-corrected chi connectivity index (χ0v) is 19.4. The number of ether oxygens (including phenoxy) is 2. The first-order chi connectivity index (χ1) is 16.3. The van der Waals surface area contributed by atoms with Crippen LogP contribution >= 0.6 is 0 Å². The van der Waals surface area contributed by atoms with E-state index in [9.17, 15) is 18.7 Å². The van der Waals surface area contributed by atoms with Gasteiger partial charge in [-0.05, 0) is 50.9 Å². The molecule has 1 aliphatic heterocycles. The molecule has 3 rings (SSSR count). The molecule has 1 atom stereocenters. The van der Waals surface area contributed by atoms with Crippen molar-refractivity contribution in [2.75, 3.05) is 31.6 Å². The van der Waals surface area contributed by atoms with Crippen molar-refractivity contribution in [1.82, 2.24) is 15.1 Å². The minimum Gasteiger partial charge on any atom is -0.507 e. The molecule has 11 heteroatoms. The minimum atomic E-state index is -2.98. The highest BCUT2D eigenvalue weighted by Crippen LogP contribution is 2.35. The van der Waals surface area contributed by atoms with Crippen molar-refractivity contribution < 1.29 is 28.2 Å². The molecule has 0 radical (unpaired) electrons. The first-order valence-electron chi connectivity index (χ1n) is 11.3. The molecule has 4 N–H and O–H groups in total. The number of halogens is 2. The summed E-state index contributed by atoms with van der Waals surface area (Å²) in [5.41, 5.74) is 8.25. The standard InChI is InChI=1S/C23H31F2N5O4/c1-3-33-20(32)8-10-30-9-4-5-15(13-30)27-22-18(12-26)14(2)21(28-29-22)17-7-6-16(11-19(17)31)34-23(24)25/h6-7,11,15,23,31H,3-5,8-10,12-13,26H2,1-2H3,(H,27,29). The molecule has 1 saturated heterocycles. The number of likely N-dealkylation sites (tertiary alicyclic amines) is 1. The largest absolute Gasteiger partial charge is 0.507 e. The minimum absolute atomic E-state index is 0.111. The molecular formula is C23H31F2N5O4. The maximum Gasteiger partial charge on any atom is 0.387 e. The van der Waals surface area contributed by atoms with Crippen molar-refractivity contribution >= 4 is 11.8 Å². The van der Waals surface area contributed by atoms with Crippen LogP contribution in [0.5, 0.6) is 11.5 Å². The summed E-state index contributed by atoms with van der Waals surface area (Å²) in [6.07, 6.45) is 2.27. The highest BCUT2D eigenvalue weighted by Gasteiger charge is 2.23. The van der Waals surface area contributed by atoms with Gasteiger partial charge in [0.15, 0.2) is 5.82 Å². The number of benzene rings is 1. The van der Waals surface area contributed by atoms with Gasteiger partial charge in [-0.25, -0.2) is 0 Å². The van der Waals surface area contributed by atoms with Crippen molar-refractivity contribution in [3.8, 4) is 22.8 Å². The maximum atomic E-state index is 12.4. The molecular weight excluding hydrogens is 448 g/mol. The van der Waals surface area contributed by atoms with E-state index in [1.165, 1.54) is 12.1 Å². The highest BCUT2D eigenvalue weighted by atomic mass is 19.3. The summed E-state index contributed by atoms with van der Waals surface area (Å²) in [5, 5.41) is 22.4. The Kier molecular flexibility index (Phi) is 8.94. The third-order valence-electron chi connectivity index (χ3n) is 5.78. The summed E-state index contributed by atoms with van der Waals surface area (Å²) in [5.74, 6) is -0.0250. The smallest absolute Gasteiger partial charge is 0.387 e. The van der Waals surface area contributed by atoms with E-state index in [4.69, 9.17) is 10.5 Å². The van der Waals surface area contributed by atoms with E-state index < -0.39 is 6.61 Å². The molecule has 0 aliphatic carbocycles. The molecule has 1 aliphatic rings. The molecule has 2 aromatic rings. The quantitative estimate of drug-likeness (QED) is 0.441. The number of nitrogens with two attached hydrogens (primary N) is 1. The van der Waals surface area contributed by atoms with E-state index in [1.54, 1.807) is 6.92 Å². The molecule has 0 bridgehead atoms. The first kappa shape index (κ1) is 25.6. The van der Waals surface area contributed by atoms with E-state index in [0.717, 1.165) is 43.1 Å². The predicted molar refractivity (Wildman–Crippen MR) is 123 cm³/mol. The lowest BCUT2D eigenvalue weighted by molar-refractivity contribution is -0.143. The number of nitrogens with zero attached hydrogens (tertiary/aromatic N) is 3. The SMILES string of the molecule is CCOC(=O)CCN1CCCC(Nc2nnc(-c3ccc(OC(F)F)cc3O)c(C)c2CN)C1. The average Bonchev–Trinajstić information content (AvgIpc) is 2.79. The lowest BCUT2D eigenvalue weighted by Gasteiger charge is -2.33. The number of rotatable bonds is 10. The molecule has 9 nitrogen and oxygen atoms in total. The molecule has 0 amide bonds. The number of alkyl halides is 2. The summed E-state index contributed by atoms with van der Waals surface area (Å²) in [7, 11) is 0. The van der Waals surface area contributed by atoms with Crippen LogP contribution in [0.1, 0.15) is 37.3 Å². The van der Waals surface area contributed by atoms with E-state index in [2.05, 4.69) is 25.2 Å². The number of phenols is 1. The van der Waals surface area contributed by atoms with Gasteiger partial charge in [0.1, 0.15) is 17.2 Å². The van der Waals surface area contributed by atoms with Crippen molar-refractivity contribution in [2.24, 2.45) is 5.73 Å². The Balaban J connectivity index is 1.73. The van der Waals surface area contributed by atoms with Crippen LogP contribution in [-0.4, -0.2) is 65.1 Å². The van der Waals surface area contributed by atoms with Crippen molar-refractivity contribution in [1.29, 1.82) is 0 Å². The second-order valence-corrected chi connectivity index (χ2v) is 8.10. The number of esters is 1. The van der Waals surface area contributed by atoms with Gasteiger partial charge in [-0.15, -0.1) is 10.2 Å². The molecule has 0 saturated carbocycles. The van der Waals surface area contributed by atoms with Crippen LogP contribution in [0.3, 0.4) is 0 Å². The third-order valence-corrected chi connectivity index (χ3v) is 5.78. The molecule has 1 aromatic carbocycles. The Bertz CT molecular complexity index is 992. The van der Waals surface area contributed by atoms with Crippen molar-refractivity contribution in [2.45, 2.75) is 52.3 Å². The Hall–Kier alpha value is -3.05. The number of piperidine rings is 1. The molecule has 0 spiro atoms. The van der Waals surface area contributed by atoms with E-state index in [0.29, 0.717) is 36.6 Å². The fourth-order valence-electron chi connectivity index (χ4n) is 4.12. The van der Waals surface area contributed by atoms with Crippen molar-refractivity contribution in [3.05, 3.63) is 29.3 Å². The van der Waals surface area contributed by atoms with Gasteiger partial charge >= 0.3 is 12.6 Å². The molecule has 34 heavy (non-hydrogen) atoms. The Morgan fingerprint density at radius 3 is 2.85 bits per heavy atom. The van der Waals surface area contributed by atoms with E-state index in [1.807, 2.05) is 6.92 Å². The second kappa shape index (κ2) is 11.9. The number of carbonyl (C=O) groups excluding carboxylic acids is 1. The number of aromatic hydroxyl groups is 1. The van der Waals surface area contributed by atoms with Crippen molar-refractivity contribution in [3.63, 3.8) is 0 Å². The molecule has 186 valence electrons.